The molecule has 0 spiro atoms. The summed E-state index contributed by atoms with van der Waals surface area (Å²) in [6.45, 7) is 4.29. The highest BCUT2D eigenvalue weighted by Crippen LogP contribution is 2.30. The lowest BCUT2D eigenvalue weighted by atomic mass is 10.1. The van der Waals surface area contributed by atoms with Gasteiger partial charge in [-0.2, -0.15) is 4.98 Å². The van der Waals surface area contributed by atoms with Crippen LogP contribution < -0.4 is 5.32 Å². The van der Waals surface area contributed by atoms with Gasteiger partial charge in [0.05, 0.1) is 0 Å². The predicted octanol–water partition coefficient (Wildman–Crippen LogP) is 2.42. The van der Waals surface area contributed by atoms with Crippen LogP contribution in [0.2, 0.25) is 0 Å². The quantitative estimate of drug-likeness (QED) is 0.889. The molecule has 3 rings (SSSR count). The van der Waals surface area contributed by atoms with Crippen molar-refractivity contribution in [2.45, 2.75) is 39.2 Å². The van der Waals surface area contributed by atoms with Gasteiger partial charge in [-0.05, 0) is 38.3 Å². The molecule has 1 aliphatic carbocycles. The number of aromatic nitrogens is 2. The van der Waals surface area contributed by atoms with Gasteiger partial charge in [0.1, 0.15) is 0 Å². The van der Waals surface area contributed by atoms with Gasteiger partial charge in [-0.3, -0.25) is 9.59 Å². The van der Waals surface area contributed by atoms with E-state index in [2.05, 4.69) is 15.5 Å². The highest BCUT2D eigenvalue weighted by Gasteiger charge is 2.33. The molecule has 1 heterocycles. The minimum Gasteiger partial charge on any atom is -0.356 e. The van der Waals surface area contributed by atoms with Gasteiger partial charge in [-0.25, -0.2) is 0 Å². The van der Waals surface area contributed by atoms with Crippen LogP contribution in [0.5, 0.6) is 0 Å². The molecule has 1 aliphatic rings. The van der Waals surface area contributed by atoms with Gasteiger partial charge >= 0.3 is 0 Å². The largest absolute Gasteiger partial charge is 0.356 e. The number of aryl methyl sites for hydroxylation is 1. The Kier molecular flexibility index (Phi) is 5.35. The van der Waals surface area contributed by atoms with E-state index in [9.17, 15) is 9.59 Å². The summed E-state index contributed by atoms with van der Waals surface area (Å²) in [6, 6.07) is 7.27. The molecule has 1 fully saturated rings. The molecule has 1 N–H and O–H groups in total. The number of carbonyl (C=O) groups excluding carboxylic acids is 2. The smallest absolute Gasteiger partial charge is 0.253 e. The van der Waals surface area contributed by atoms with Gasteiger partial charge in [-0.1, -0.05) is 17.3 Å². The summed E-state index contributed by atoms with van der Waals surface area (Å²) in [5, 5.41) is 6.75. The number of nitrogens with one attached hydrogen (secondary N) is 1. The van der Waals surface area contributed by atoms with Crippen molar-refractivity contribution >= 4 is 11.8 Å². The van der Waals surface area contributed by atoms with Crippen LogP contribution in [0.15, 0.2) is 28.8 Å². The Morgan fingerprint density at radius 3 is 2.62 bits per heavy atom. The van der Waals surface area contributed by atoms with Gasteiger partial charge in [0, 0.05) is 43.6 Å². The summed E-state index contributed by atoms with van der Waals surface area (Å²) in [7, 11) is 1.81. The van der Waals surface area contributed by atoms with Crippen LogP contribution >= 0.6 is 0 Å². The number of hydrogen-bond donors (Lipinski definition) is 1. The number of rotatable bonds is 5. The number of benzene rings is 1. The average Bonchev–Trinajstić information content (AvgIpc) is 3.30. The van der Waals surface area contributed by atoms with Gasteiger partial charge in [0.2, 0.25) is 17.6 Å². The van der Waals surface area contributed by atoms with E-state index in [1.165, 1.54) is 0 Å². The molecule has 1 aromatic carbocycles. The molecule has 2 unspecified atom stereocenters. The third kappa shape index (κ3) is 3.76. The molecule has 0 bridgehead atoms. The fourth-order valence-electron chi connectivity index (χ4n) is 3.41. The Morgan fingerprint density at radius 1 is 1.27 bits per heavy atom. The Hall–Kier alpha value is -2.70. The first-order valence-corrected chi connectivity index (χ1v) is 8.95. The predicted molar refractivity (Wildman–Crippen MR) is 96.4 cm³/mol. The zero-order valence-corrected chi connectivity index (χ0v) is 15.4. The van der Waals surface area contributed by atoms with Crippen molar-refractivity contribution in [2.24, 2.45) is 5.92 Å². The van der Waals surface area contributed by atoms with E-state index in [1.807, 2.05) is 26.1 Å². The molecule has 138 valence electrons. The van der Waals surface area contributed by atoms with E-state index in [-0.39, 0.29) is 23.8 Å². The summed E-state index contributed by atoms with van der Waals surface area (Å²) in [5.41, 5.74) is 1.41. The lowest BCUT2D eigenvalue weighted by Gasteiger charge is -2.25. The minimum atomic E-state index is -0.0395. The fraction of sp³-hybridized carbons (Fsp3) is 0.474. The van der Waals surface area contributed by atoms with E-state index in [0.29, 0.717) is 30.2 Å². The summed E-state index contributed by atoms with van der Waals surface area (Å²) < 4.78 is 4.98. The second-order valence-electron chi connectivity index (χ2n) is 6.69. The summed E-state index contributed by atoms with van der Waals surface area (Å²) in [4.78, 5) is 30.7. The average molecular weight is 356 g/mol. The van der Waals surface area contributed by atoms with Crippen LogP contribution in [0, 0.1) is 12.8 Å². The van der Waals surface area contributed by atoms with Crippen molar-refractivity contribution in [2.75, 3.05) is 13.6 Å². The zero-order valence-electron chi connectivity index (χ0n) is 15.4. The van der Waals surface area contributed by atoms with E-state index >= 15 is 0 Å². The van der Waals surface area contributed by atoms with Crippen molar-refractivity contribution in [3.8, 4) is 11.4 Å². The molecule has 0 radical (unpaired) electrons. The molecule has 7 heteroatoms. The Morgan fingerprint density at radius 2 is 2.00 bits per heavy atom. The highest BCUT2D eigenvalue weighted by molar-refractivity contribution is 5.94. The van der Waals surface area contributed by atoms with Crippen molar-refractivity contribution in [1.82, 2.24) is 20.4 Å². The number of amides is 2. The van der Waals surface area contributed by atoms with Crippen LogP contribution in [-0.2, 0) is 4.79 Å². The van der Waals surface area contributed by atoms with Crippen molar-refractivity contribution in [3.05, 3.63) is 35.7 Å². The Bertz CT molecular complexity index is 784. The minimum absolute atomic E-state index is 0.000875. The van der Waals surface area contributed by atoms with Gasteiger partial charge in [0.25, 0.3) is 5.91 Å². The maximum Gasteiger partial charge on any atom is 0.253 e. The van der Waals surface area contributed by atoms with E-state index in [1.54, 1.807) is 24.0 Å². The zero-order chi connectivity index (χ0) is 18.7. The summed E-state index contributed by atoms with van der Waals surface area (Å²) >= 11 is 0. The molecule has 26 heavy (non-hydrogen) atoms. The van der Waals surface area contributed by atoms with Crippen molar-refractivity contribution in [1.29, 1.82) is 0 Å². The van der Waals surface area contributed by atoms with Crippen LogP contribution in [0.25, 0.3) is 11.4 Å². The molecule has 7 nitrogen and oxygen atoms in total. The lowest BCUT2D eigenvalue weighted by molar-refractivity contribution is -0.124. The SMILES string of the molecule is CCNC(=O)C1CCC(N(C)C(=O)c2ccc(-c3noc(C)n3)cc2)C1. The normalized spacial score (nSPS) is 19.3. The molecular weight excluding hydrogens is 332 g/mol. The van der Waals surface area contributed by atoms with Gasteiger partial charge in [0.15, 0.2) is 0 Å². The molecule has 2 atom stereocenters. The third-order valence-electron chi connectivity index (χ3n) is 4.91. The molecule has 1 saturated carbocycles. The molecule has 0 saturated heterocycles. The third-order valence-corrected chi connectivity index (χ3v) is 4.91. The number of carbonyl (C=O) groups is 2. The lowest BCUT2D eigenvalue weighted by Crippen LogP contribution is -2.36. The first-order chi connectivity index (χ1) is 12.5. The maximum absolute atomic E-state index is 12.8. The molecule has 1 aromatic heterocycles. The Labute approximate surface area is 152 Å². The van der Waals surface area contributed by atoms with Gasteiger partial charge < -0.3 is 14.7 Å². The van der Waals surface area contributed by atoms with E-state index < -0.39 is 0 Å². The van der Waals surface area contributed by atoms with Crippen molar-refractivity contribution < 1.29 is 14.1 Å². The highest BCUT2D eigenvalue weighted by atomic mass is 16.5. The molecule has 2 aromatic rings. The van der Waals surface area contributed by atoms with Crippen molar-refractivity contribution in [3.63, 3.8) is 0 Å². The summed E-state index contributed by atoms with van der Waals surface area (Å²) in [5.74, 6) is 1.07. The summed E-state index contributed by atoms with van der Waals surface area (Å²) in [6.07, 6.45) is 2.39. The van der Waals surface area contributed by atoms with Crippen LogP contribution in [0.4, 0.5) is 0 Å². The standard InChI is InChI=1S/C19H24N4O3/c1-4-20-18(24)15-9-10-16(11-15)23(3)19(25)14-7-5-13(6-8-14)17-21-12(2)26-22-17/h5-8,15-16H,4,9-11H2,1-3H3,(H,20,24). The molecule has 2 amide bonds. The van der Waals surface area contributed by atoms with E-state index in [0.717, 1.165) is 18.4 Å². The topological polar surface area (TPSA) is 88.3 Å². The Balaban J connectivity index is 1.64. The molecule has 0 aliphatic heterocycles. The molecular formula is C19H24N4O3. The number of hydrogen-bond acceptors (Lipinski definition) is 5. The maximum atomic E-state index is 12.8. The first-order valence-electron chi connectivity index (χ1n) is 8.95. The second kappa shape index (κ2) is 7.68. The second-order valence-corrected chi connectivity index (χ2v) is 6.69. The fourth-order valence-corrected chi connectivity index (χ4v) is 3.41. The first kappa shape index (κ1) is 18.1. The van der Waals surface area contributed by atoms with Crippen LogP contribution in [0.3, 0.4) is 0 Å². The van der Waals surface area contributed by atoms with Crippen LogP contribution in [0.1, 0.15) is 42.4 Å². The number of nitrogens with zero attached hydrogens (tertiary/aromatic N) is 3. The van der Waals surface area contributed by atoms with E-state index in [4.69, 9.17) is 4.52 Å². The monoisotopic (exact) mass is 356 g/mol. The van der Waals surface area contributed by atoms with Gasteiger partial charge in [-0.15, -0.1) is 0 Å². The van der Waals surface area contributed by atoms with Crippen LogP contribution in [-0.4, -0.2) is 46.5 Å².